The van der Waals surface area contributed by atoms with E-state index in [0.29, 0.717) is 38.6 Å². The van der Waals surface area contributed by atoms with Crippen LogP contribution in [0.3, 0.4) is 0 Å². The van der Waals surface area contributed by atoms with Crippen LogP contribution in [0.15, 0.2) is 12.2 Å². The predicted octanol–water partition coefficient (Wildman–Crippen LogP) is 7.41. The Labute approximate surface area is 275 Å². The Bertz CT molecular complexity index is 802. The summed E-state index contributed by atoms with van der Waals surface area (Å²) in [7, 11) is 0. The molecule has 0 saturated heterocycles. The molecule has 0 bridgehead atoms. The Morgan fingerprint density at radius 1 is 0.533 bits per heavy atom. The Balaban J connectivity index is 2.41. The lowest BCUT2D eigenvalue weighted by molar-refractivity contribution is -0.149. The molecule has 0 aromatic carbocycles. The second-order valence-electron chi connectivity index (χ2n) is 11.8. The number of esters is 4. The third-order valence-corrected chi connectivity index (χ3v) is 8.95. The lowest BCUT2D eigenvalue weighted by Gasteiger charge is -2.15. The van der Waals surface area contributed by atoms with Crippen molar-refractivity contribution < 1.29 is 43.2 Å². The molecule has 0 spiro atoms. The summed E-state index contributed by atoms with van der Waals surface area (Å²) < 4.78 is 21.2. The molecular formula is C35H60O9S. The maximum atomic E-state index is 12.7. The zero-order valence-corrected chi connectivity index (χ0v) is 28.5. The van der Waals surface area contributed by atoms with Gasteiger partial charge in [-0.15, -0.1) is 11.8 Å². The minimum Gasteiger partial charge on any atom is -0.466 e. The fraction of sp³-hybridized carbons (Fsp3) is 0.829. The van der Waals surface area contributed by atoms with Gasteiger partial charge >= 0.3 is 23.9 Å². The highest BCUT2D eigenvalue weighted by Crippen LogP contribution is 2.19. The third kappa shape index (κ3) is 26.8. The second kappa shape index (κ2) is 30.6. The highest BCUT2D eigenvalue weighted by atomic mass is 32.2. The van der Waals surface area contributed by atoms with E-state index in [9.17, 15) is 19.2 Å². The van der Waals surface area contributed by atoms with E-state index in [1.807, 2.05) is 0 Å². The first kappa shape index (κ1) is 41.0. The molecule has 9 nitrogen and oxygen atoms in total. The topological polar surface area (TPSA) is 125 Å². The van der Waals surface area contributed by atoms with Gasteiger partial charge in [0, 0.05) is 18.8 Å². The lowest BCUT2D eigenvalue weighted by Crippen LogP contribution is -2.25. The van der Waals surface area contributed by atoms with E-state index in [-0.39, 0.29) is 25.0 Å². The summed E-state index contributed by atoms with van der Waals surface area (Å²) in [5.74, 6) is -1.17. The summed E-state index contributed by atoms with van der Waals surface area (Å²) in [6, 6.07) is 0. The molecule has 0 amide bonds. The molecule has 0 aliphatic carbocycles. The van der Waals surface area contributed by atoms with Gasteiger partial charge in [-0.1, -0.05) is 103 Å². The van der Waals surface area contributed by atoms with Crippen LogP contribution in [0.1, 0.15) is 141 Å². The van der Waals surface area contributed by atoms with Gasteiger partial charge in [0.1, 0.15) is 5.25 Å². The quantitative estimate of drug-likeness (QED) is 0.186. The molecule has 1 heterocycles. The molecule has 1 aliphatic rings. The number of aliphatic hydroxyl groups excluding tert-OH is 1. The van der Waals surface area contributed by atoms with Gasteiger partial charge in [0.25, 0.3) is 0 Å². The molecule has 0 aromatic heterocycles. The Kier molecular flexibility index (Phi) is 27.8. The monoisotopic (exact) mass is 656 g/mol. The van der Waals surface area contributed by atoms with Crippen LogP contribution in [0, 0.1) is 0 Å². The van der Waals surface area contributed by atoms with E-state index in [4.69, 9.17) is 24.1 Å². The van der Waals surface area contributed by atoms with Crippen LogP contribution in [0.5, 0.6) is 0 Å². The number of rotatable bonds is 4. The summed E-state index contributed by atoms with van der Waals surface area (Å²) in [5.41, 5.74) is 0. The molecule has 1 aliphatic heterocycles. The molecule has 1 rings (SSSR count). The molecule has 45 heavy (non-hydrogen) atoms. The maximum Gasteiger partial charge on any atom is 0.331 e. The number of carbonyl (C=O) groups excluding carboxylic acids is 4. The third-order valence-electron chi connectivity index (χ3n) is 7.67. The maximum absolute atomic E-state index is 12.7. The number of ether oxygens (including phenoxy) is 4. The minimum atomic E-state index is -0.597. The van der Waals surface area contributed by atoms with Crippen LogP contribution in [-0.4, -0.2) is 73.0 Å². The predicted molar refractivity (Wildman–Crippen MR) is 178 cm³/mol. The largest absolute Gasteiger partial charge is 0.466 e. The van der Waals surface area contributed by atoms with Crippen LogP contribution in [0.25, 0.3) is 0 Å². The van der Waals surface area contributed by atoms with Gasteiger partial charge in [-0.3, -0.25) is 9.59 Å². The van der Waals surface area contributed by atoms with Crippen molar-refractivity contribution in [1.29, 1.82) is 0 Å². The number of carbonyl (C=O) groups is 4. The molecular weight excluding hydrogens is 596 g/mol. The smallest absolute Gasteiger partial charge is 0.331 e. The number of hydrogen-bond donors (Lipinski definition) is 1. The summed E-state index contributed by atoms with van der Waals surface area (Å²) in [6.45, 7) is 1.49. The van der Waals surface area contributed by atoms with Crippen LogP contribution in [0.4, 0.5) is 0 Å². The normalized spacial score (nSPS) is 23.1. The summed E-state index contributed by atoms with van der Waals surface area (Å²) in [5, 5.41) is 8.51. The molecule has 10 heteroatoms. The lowest BCUT2D eigenvalue weighted by atomic mass is 10.1. The van der Waals surface area contributed by atoms with Gasteiger partial charge in [0.15, 0.2) is 0 Å². The summed E-state index contributed by atoms with van der Waals surface area (Å²) in [6.07, 6.45) is 23.8. The highest BCUT2D eigenvalue weighted by Gasteiger charge is 2.24. The average molecular weight is 657 g/mol. The van der Waals surface area contributed by atoms with Gasteiger partial charge in [0.05, 0.1) is 32.8 Å². The van der Waals surface area contributed by atoms with Crippen LogP contribution < -0.4 is 0 Å². The van der Waals surface area contributed by atoms with Crippen LogP contribution in [-0.2, 0) is 38.1 Å². The number of hydrogen-bond acceptors (Lipinski definition) is 10. The molecule has 1 unspecified atom stereocenters. The van der Waals surface area contributed by atoms with Crippen LogP contribution >= 0.6 is 11.8 Å². The summed E-state index contributed by atoms with van der Waals surface area (Å²) >= 11 is 1.36. The molecule has 0 saturated carbocycles. The Morgan fingerprint density at radius 2 is 0.889 bits per heavy atom. The SMILES string of the molecule is O=C1/C=C/C(=O)OCCCCCCCCCCCCOC(=O)C(SCCCO)CC(=O)OCCCCCCCCCCCCO1. The van der Waals surface area contributed by atoms with Crippen molar-refractivity contribution in [1.82, 2.24) is 0 Å². The van der Waals surface area contributed by atoms with Crippen LogP contribution in [0.2, 0.25) is 0 Å². The van der Waals surface area contributed by atoms with Crippen molar-refractivity contribution in [2.24, 2.45) is 0 Å². The first-order chi connectivity index (χ1) is 22.0. The van der Waals surface area contributed by atoms with E-state index in [0.717, 1.165) is 115 Å². The van der Waals surface area contributed by atoms with Gasteiger partial charge in [-0.05, 0) is 37.9 Å². The average Bonchev–Trinajstić information content (AvgIpc) is 3.03. The van der Waals surface area contributed by atoms with E-state index in [1.165, 1.54) is 37.4 Å². The molecule has 0 aromatic rings. The van der Waals surface area contributed by atoms with E-state index >= 15 is 0 Å². The highest BCUT2D eigenvalue weighted by molar-refractivity contribution is 8.00. The molecule has 0 radical (unpaired) electrons. The zero-order chi connectivity index (χ0) is 32.6. The summed E-state index contributed by atoms with van der Waals surface area (Å²) in [4.78, 5) is 48.7. The molecule has 1 N–H and O–H groups in total. The minimum absolute atomic E-state index is 0.000439. The molecule has 1 atom stereocenters. The van der Waals surface area contributed by atoms with Gasteiger partial charge < -0.3 is 24.1 Å². The van der Waals surface area contributed by atoms with E-state index in [1.54, 1.807) is 0 Å². The zero-order valence-electron chi connectivity index (χ0n) is 27.7. The fourth-order valence-electron chi connectivity index (χ4n) is 4.98. The van der Waals surface area contributed by atoms with E-state index in [2.05, 4.69) is 0 Å². The number of aliphatic hydroxyl groups is 1. The van der Waals surface area contributed by atoms with Gasteiger partial charge in [0.2, 0.25) is 0 Å². The van der Waals surface area contributed by atoms with Gasteiger partial charge in [-0.25, -0.2) is 9.59 Å². The Morgan fingerprint density at radius 3 is 1.29 bits per heavy atom. The van der Waals surface area contributed by atoms with Crippen molar-refractivity contribution >= 4 is 35.6 Å². The van der Waals surface area contributed by atoms with Crippen molar-refractivity contribution in [3.8, 4) is 0 Å². The van der Waals surface area contributed by atoms with Gasteiger partial charge in [-0.2, -0.15) is 0 Å². The first-order valence-corrected chi connectivity index (χ1v) is 18.6. The Hall–Kier alpha value is -2.07. The van der Waals surface area contributed by atoms with Crippen molar-refractivity contribution in [2.75, 3.05) is 38.8 Å². The number of cyclic esters (lactones) is 4. The standard InChI is InChI=1S/C35H60O9S/c36-24-21-29-45-31-30-34(39)43-27-19-15-11-7-2-1-5-9-13-17-25-41-32(37)22-23-33(38)42-26-18-14-10-6-3-4-8-12-16-20-28-44-35(31)40/h22-23,31,36H,1-21,24-30H2/b23-22+. The first-order valence-electron chi connectivity index (χ1n) is 17.6. The number of thioether (sulfide) groups is 1. The second-order valence-corrected chi connectivity index (χ2v) is 13.1. The van der Waals surface area contributed by atoms with E-state index < -0.39 is 17.2 Å². The van der Waals surface area contributed by atoms with Crippen molar-refractivity contribution in [3.05, 3.63) is 12.2 Å². The van der Waals surface area contributed by atoms with Crippen molar-refractivity contribution in [3.63, 3.8) is 0 Å². The van der Waals surface area contributed by atoms with Crippen molar-refractivity contribution in [2.45, 2.75) is 147 Å². The molecule has 0 fully saturated rings. The fourth-order valence-corrected chi connectivity index (χ4v) is 6.02. The molecule has 260 valence electrons.